The van der Waals surface area contributed by atoms with Gasteiger partial charge < -0.3 is 10.6 Å². The summed E-state index contributed by atoms with van der Waals surface area (Å²) in [6.07, 6.45) is 2.03. The second kappa shape index (κ2) is 5.57. The molecule has 1 amide bonds. The number of pyridine rings is 1. The first-order valence-corrected chi connectivity index (χ1v) is 7.28. The van der Waals surface area contributed by atoms with E-state index in [1.165, 1.54) is 18.3 Å². The Morgan fingerprint density at radius 3 is 2.59 bits per heavy atom. The molecular weight excluding hydrogens is 305 g/mol. The van der Waals surface area contributed by atoms with Crippen LogP contribution in [0.1, 0.15) is 5.56 Å². The predicted molar refractivity (Wildman–Crippen MR) is 83.2 cm³/mol. The summed E-state index contributed by atoms with van der Waals surface area (Å²) in [5.41, 5.74) is 5.86. The van der Waals surface area contributed by atoms with E-state index in [9.17, 15) is 9.18 Å². The van der Waals surface area contributed by atoms with Crippen LogP contribution in [0, 0.1) is 11.2 Å². The Balaban J connectivity index is 1.77. The maximum Gasteiger partial charge on any atom is 0.227 e. The molecule has 0 radical (unpaired) electrons. The van der Waals surface area contributed by atoms with Crippen LogP contribution >= 0.6 is 11.6 Å². The Morgan fingerprint density at radius 1 is 1.32 bits per heavy atom. The monoisotopic (exact) mass is 319 g/mol. The zero-order valence-electron chi connectivity index (χ0n) is 11.8. The molecular formula is C16H15ClFN3O. The minimum Gasteiger partial charge on any atom is -0.369 e. The van der Waals surface area contributed by atoms with Gasteiger partial charge in [-0.2, -0.15) is 0 Å². The first kappa shape index (κ1) is 14.8. The number of halogens is 2. The predicted octanol–water partition coefficient (Wildman–Crippen LogP) is 2.41. The molecule has 1 saturated heterocycles. The van der Waals surface area contributed by atoms with Crippen LogP contribution in [0.2, 0.25) is 5.02 Å². The molecule has 0 spiro atoms. The van der Waals surface area contributed by atoms with Gasteiger partial charge in [-0.1, -0.05) is 23.7 Å². The van der Waals surface area contributed by atoms with E-state index in [-0.39, 0.29) is 11.7 Å². The van der Waals surface area contributed by atoms with Crippen molar-refractivity contribution < 1.29 is 9.18 Å². The Kier molecular flexibility index (Phi) is 3.74. The van der Waals surface area contributed by atoms with Crippen molar-refractivity contribution in [2.45, 2.75) is 6.42 Å². The van der Waals surface area contributed by atoms with Crippen LogP contribution in [0.5, 0.6) is 0 Å². The second-order valence-corrected chi connectivity index (χ2v) is 6.05. The molecule has 22 heavy (non-hydrogen) atoms. The van der Waals surface area contributed by atoms with E-state index in [4.69, 9.17) is 17.3 Å². The van der Waals surface area contributed by atoms with E-state index in [1.807, 2.05) is 12.1 Å². The molecule has 2 N–H and O–H groups in total. The summed E-state index contributed by atoms with van der Waals surface area (Å²) >= 11 is 5.86. The fourth-order valence-corrected chi connectivity index (χ4v) is 2.92. The number of hydrogen-bond acceptors (Lipinski definition) is 3. The first-order valence-electron chi connectivity index (χ1n) is 6.90. The molecule has 0 saturated carbocycles. The number of nitrogens with zero attached hydrogens (tertiary/aromatic N) is 2. The lowest BCUT2D eigenvalue weighted by molar-refractivity contribution is -0.129. The number of aromatic nitrogens is 1. The molecule has 0 aliphatic carbocycles. The number of rotatable bonds is 4. The highest BCUT2D eigenvalue weighted by Gasteiger charge is 2.49. The molecule has 1 aliphatic rings. The summed E-state index contributed by atoms with van der Waals surface area (Å²) in [5.74, 6) is -0.516. The van der Waals surface area contributed by atoms with Gasteiger partial charge in [0.1, 0.15) is 0 Å². The van der Waals surface area contributed by atoms with E-state index < -0.39 is 11.2 Å². The van der Waals surface area contributed by atoms with E-state index >= 15 is 0 Å². The minimum atomic E-state index is -0.697. The van der Waals surface area contributed by atoms with Crippen LogP contribution in [0.3, 0.4) is 0 Å². The number of nitrogens with two attached hydrogens (primary N) is 1. The quantitative estimate of drug-likeness (QED) is 0.941. The topological polar surface area (TPSA) is 59.2 Å². The van der Waals surface area contributed by atoms with Crippen LogP contribution in [-0.4, -0.2) is 24.0 Å². The molecule has 4 nitrogen and oxygen atoms in total. The van der Waals surface area contributed by atoms with Gasteiger partial charge in [-0.25, -0.2) is 9.37 Å². The fraction of sp³-hybridized carbons (Fsp3) is 0.250. The summed E-state index contributed by atoms with van der Waals surface area (Å²) in [6, 6.07) is 10.2. The summed E-state index contributed by atoms with van der Waals surface area (Å²) < 4.78 is 13.8. The normalized spacial score (nSPS) is 16.2. The summed E-state index contributed by atoms with van der Waals surface area (Å²) in [7, 11) is 0. The zero-order valence-corrected chi connectivity index (χ0v) is 12.6. The van der Waals surface area contributed by atoms with E-state index in [1.54, 1.807) is 17.0 Å². The van der Waals surface area contributed by atoms with Crippen molar-refractivity contribution in [1.29, 1.82) is 0 Å². The lowest BCUT2D eigenvalue weighted by Gasteiger charge is -2.48. The molecule has 0 bridgehead atoms. The van der Waals surface area contributed by atoms with Crippen molar-refractivity contribution in [1.82, 2.24) is 4.98 Å². The fourth-order valence-electron chi connectivity index (χ4n) is 2.79. The van der Waals surface area contributed by atoms with Gasteiger partial charge in [0.15, 0.2) is 11.6 Å². The van der Waals surface area contributed by atoms with Crippen molar-refractivity contribution in [3.63, 3.8) is 0 Å². The molecule has 2 heterocycles. The summed E-state index contributed by atoms with van der Waals surface area (Å²) in [6.45, 7) is 0.720. The van der Waals surface area contributed by atoms with Crippen LogP contribution in [0.15, 0.2) is 42.6 Å². The van der Waals surface area contributed by atoms with Gasteiger partial charge in [-0.15, -0.1) is 0 Å². The van der Waals surface area contributed by atoms with Crippen molar-refractivity contribution >= 4 is 23.3 Å². The summed E-state index contributed by atoms with van der Waals surface area (Å²) in [4.78, 5) is 17.6. The smallest absolute Gasteiger partial charge is 0.227 e. The van der Waals surface area contributed by atoms with Crippen LogP contribution in [-0.2, 0) is 11.2 Å². The number of carbonyl (C=O) groups excluding carboxylic acids is 1. The number of carbonyl (C=O) groups is 1. The Bertz CT molecular complexity index is 699. The maximum atomic E-state index is 13.8. The van der Waals surface area contributed by atoms with Crippen LogP contribution in [0.4, 0.5) is 10.2 Å². The molecule has 3 rings (SSSR count). The number of benzene rings is 1. The van der Waals surface area contributed by atoms with Gasteiger partial charge in [0.2, 0.25) is 5.91 Å². The average molecular weight is 320 g/mol. The Labute approximate surface area is 132 Å². The van der Waals surface area contributed by atoms with Crippen molar-refractivity contribution in [2.24, 2.45) is 11.1 Å². The van der Waals surface area contributed by atoms with Crippen molar-refractivity contribution in [3.8, 4) is 0 Å². The molecule has 1 fully saturated rings. The highest BCUT2D eigenvalue weighted by atomic mass is 35.5. The van der Waals surface area contributed by atoms with Crippen LogP contribution in [0.25, 0.3) is 0 Å². The third kappa shape index (κ3) is 2.64. The molecule has 0 unspecified atom stereocenters. The lowest BCUT2D eigenvalue weighted by atomic mass is 9.74. The van der Waals surface area contributed by atoms with Crippen molar-refractivity contribution in [3.05, 3.63) is 59.0 Å². The number of primary amides is 1. The Morgan fingerprint density at radius 2 is 2.00 bits per heavy atom. The Hall–Kier alpha value is -2.14. The first-order chi connectivity index (χ1) is 10.5. The maximum absolute atomic E-state index is 13.8. The van der Waals surface area contributed by atoms with Gasteiger partial charge in [0, 0.05) is 24.3 Å². The molecule has 1 aromatic carbocycles. The van der Waals surface area contributed by atoms with Gasteiger partial charge >= 0.3 is 0 Å². The van der Waals surface area contributed by atoms with Crippen LogP contribution < -0.4 is 10.6 Å². The van der Waals surface area contributed by atoms with E-state index in [0.717, 1.165) is 5.56 Å². The van der Waals surface area contributed by atoms with Gasteiger partial charge in [0.25, 0.3) is 0 Å². The van der Waals surface area contributed by atoms with Gasteiger partial charge in [-0.3, -0.25) is 4.79 Å². The molecule has 2 aromatic rings. The molecule has 1 aliphatic heterocycles. The molecule has 0 atom stereocenters. The third-order valence-electron chi connectivity index (χ3n) is 4.00. The van der Waals surface area contributed by atoms with E-state index in [0.29, 0.717) is 24.5 Å². The highest BCUT2D eigenvalue weighted by Crippen LogP contribution is 2.37. The zero-order chi connectivity index (χ0) is 15.7. The number of anilines is 1. The van der Waals surface area contributed by atoms with E-state index in [2.05, 4.69) is 4.98 Å². The highest BCUT2D eigenvalue weighted by molar-refractivity contribution is 6.30. The molecule has 1 aromatic heterocycles. The molecule has 114 valence electrons. The number of amides is 1. The number of hydrogen-bond donors (Lipinski definition) is 1. The lowest BCUT2D eigenvalue weighted by Crippen LogP contribution is -2.64. The van der Waals surface area contributed by atoms with Crippen molar-refractivity contribution in [2.75, 3.05) is 18.0 Å². The van der Waals surface area contributed by atoms with Gasteiger partial charge in [-0.05, 0) is 36.2 Å². The largest absolute Gasteiger partial charge is 0.369 e. The third-order valence-corrected chi connectivity index (χ3v) is 4.26. The van der Waals surface area contributed by atoms with Gasteiger partial charge in [0.05, 0.1) is 5.41 Å². The summed E-state index contributed by atoms with van der Waals surface area (Å²) in [5, 5.41) is 0.641. The minimum absolute atomic E-state index is 0.260. The SMILES string of the molecule is NC(=O)C1(Cc2ccc(Cl)cc2)CN(c2ncccc2F)C1. The second-order valence-electron chi connectivity index (χ2n) is 5.61. The molecule has 6 heteroatoms. The standard InChI is InChI=1S/C16H15ClFN3O/c17-12-5-3-11(4-6-12)8-16(15(19)22)9-21(10-16)14-13(18)2-1-7-20-14/h1-7H,8-10H2,(H2,19,22). The average Bonchev–Trinajstić information content (AvgIpc) is 2.45.